The maximum Gasteiger partial charge on any atom is 0.255 e. The standard InChI is InChI=1S/C20H25N3O3/c1-13-7-17(26-22-13)9-16-11-23(12-19(16)25-2)20(24)15-8-14-5-3-4-6-18(14)21-10-15/h7-8,10,16,19H,3-6,9,11-12H2,1-2H3/t16-,19+/m1/s1. The molecule has 1 saturated heterocycles. The number of hydrogen-bond acceptors (Lipinski definition) is 5. The maximum absolute atomic E-state index is 13.0. The SMILES string of the molecule is CO[C@H]1CN(C(=O)c2cnc3c(c2)CCCC3)C[C@H]1Cc1cc(C)no1. The van der Waals surface area contributed by atoms with E-state index in [1.807, 2.05) is 24.0 Å². The van der Waals surface area contributed by atoms with E-state index < -0.39 is 0 Å². The van der Waals surface area contributed by atoms with Gasteiger partial charge in [0.1, 0.15) is 5.76 Å². The van der Waals surface area contributed by atoms with Gasteiger partial charge >= 0.3 is 0 Å². The summed E-state index contributed by atoms with van der Waals surface area (Å²) in [5, 5.41) is 3.95. The van der Waals surface area contributed by atoms with Gasteiger partial charge in [0.15, 0.2) is 0 Å². The number of fused-ring (bicyclic) bond motifs is 1. The predicted molar refractivity (Wildman–Crippen MR) is 96.0 cm³/mol. The quantitative estimate of drug-likeness (QED) is 0.843. The molecule has 1 amide bonds. The molecule has 138 valence electrons. The fourth-order valence-electron chi connectivity index (χ4n) is 4.13. The fraction of sp³-hybridized carbons (Fsp3) is 0.550. The van der Waals surface area contributed by atoms with Gasteiger partial charge in [-0.25, -0.2) is 0 Å². The average molecular weight is 355 g/mol. The third-order valence-corrected chi connectivity index (χ3v) is 5.53. The highest BCUT2D eigenvalue weighted by Crippen LogP contribution is 2.26. The Morgan fingerprint density at radius 2 is 2.15 bits per heavy atom. The van der Waals surface area contributed by atoms with Crippen molar-refractivity contribution < 1.29 is 14.1 Å². The van der Waals surface area contributed by atoms with Crippen LogP contribution in [0.2, 0.25) is 0 Å². The van der Waals surface area contributed by atoms with Crippen LogP contribution in [0, 0.1) is 12.8 Å². The molecule has 1 aliphatic heterocycles. The van der Waals surface area contributed by atoms with Crippen LogP contribution in [0.25, 0.3) is 0 Å². The number of amides is 1. The minimum Gasteiger partial charge on any atom is -0.379 e. The third kappa shape index (κ3) is 3.38. The lowest BCUT2D eigenvalue weighted by Crippen LogP contribution is -2.30. The second kappa shape index (κ2) is 7.19. The minimum atomic E-state index is 0.00921. The lowest BCUT2D eigenvalue weighted by molar-refractivity contribution is 0.0672. The summed E-state index contributed by atoms with van der Waals surface area (Å²) in [7, 11) is 1.71. The smallest absolute Gasteiger partial charge is 0.255 e. The molecule has 0 saturated carbocycles. The van der Waals surface area contributed by atoms with Gasteiger partial charge in [0, 0.05) is 50.5 Å². The number of nitrogens with zero attached hydrogens (tertiary/aromatic N) is 3. The zero-order chi connectivity index (χ0) is 18.1. The van der Waals surface area contributed by atoms with Crippen LogP contribution >= 0.6 is 0 Å². The van der Waals surface area contributed by atoms with E-state index in [2.05, 4.69) is 10.1 Å². The van der Waals surface area contributed by atoms with Crippen molar-refractivity contribution in [2.24, 2.45) is 5.92 Å². The van der Waals surface area contributed by atoms with E-state index in [1.54, 1.807) is 13.3 Å². The van der Waals surface area contributed by atoms with E-state index >= 15 is 0 Å². The average Bonchev–Trinajstić information content (AvgIpc) is 3.26. The number of pyridine rings is 1. The molecule has 2 atom stereocenters. The summed E-state index contributed by atoms with van der Waals surface area (Å²) >= 11 is 0. The van der Waals surface area contributed by atoms with Gasteiger partial charge in [-0.05, 0) is 44.2 Å². The predicted octanol–water partition coefficient (Wildman–Crippen LogP) is 2.59. The maximum atomic E-state index is 13.0. The number of ether oxygens (including phenoxy) is 1. The Kier molecular flexibility index (Phi) is 4.76. The van der Waals surface area contributed by atoms with Crippen molar-refractivity contribution in [3.63, 3.8) is 0 Å². The first-order valence-corrected chi connectivity index (χ1v) is 9.36. The second-order valence-corrected chi connectivity index (χ2v) is 7.42. The third-order valence-electron chi connectivity index (χ3n) is 5.53. The van der Waals surface area contributed by atoms with Crippen molar-refractivity contribution in [1.82, 2.24) is 15.0 Å². The summed E-state index contributed by atoms with van der Waals surface area (Å²) in [4.78, 5) is 19.4. The van der Waals surface area contributed by atoms with E-state index in [4.69, 9.17) is 9.26 Å². The summed E-state index contributed by atoms with van der Waals surface area (Å²) in [6.07, 6.45) is 6.90. The Morgan fingerprint density at radius 3 is 2.92 bits per heavy atom. The Balaban J connectivity index is 1.48. The highest BCUT2D eigenvalue weighted by atomic mass is 16.5. The Morgan fingerprint density at radius 1 is 1.31 bits per heavy atom. The molecule has 0 N–H and O–H groups in total. The van der Waals surface area contributed by atoms with Crippen LogP contribution in [0.3, 0.4) is 0 Å². The highest BCUT2D eigenvalue weighted by molar-refractivity contribution is 5.94. The molecule has 1 fully saturated rings. The zero-order valence-corrected chi connectivity index (χ0v) is 15.4. The number of methoxy groups -OCH3 is 1. The molecular weight excluding hydrogens is 330 g/mol. The molecule has 0 spiro atoms. The van der Waals surface area contributed by atoms with Gasteiger partial charge in [-0.3, -0.25) is 9.78 Å². The topological polar surface area (TPSA) is 68.5 Å². The van der Waals surface area contributed by atoms with Gasteiger partial charge in [0.2, 0.25) is 0 Å². The van der Waals surface area contributed by atoms with Crippen molar-refractivity contribution in [2.75, 3.05) is 20.2 Å². The molecule has 2 aromatic rings. The number of aromatic nitrogens is 2. The number of hydrogen-bond donors (Lipinski definition) is 0. The Bertz CT molecular complexity index is 801. The second-order valence-electron chi connectivity index (χ2n) is 7.42. The Hall–Kier alpha value is -2.21. The lowest BCUT2D eigenvalue weighted by atomic mass is 9.95. The summed E-state index contributed by atoms with van der Waals surface area (Å²) < 4.78 is 11.0. The summed E-state index contributed by atoms with van der Waals surface area (Å²) in [5.74, 6) is 1.10. The molecule has 0 aromatic carbocycles. The van der Waals surface area contributed by atoms with Crippen LogP contribution < -0.4 is 0 Å². The van der Waals surface area contributed by atoms with E-state index in [0.29, 0.717) is 18.7 Å². The molecule has 0 unspecified atom stereocenters. The molecule has 0 bridgehead atoms. The number of carbonyl (C=O) groups is 1. The van der Waals surface area contributed by atoms with Gasteiger partial charge < -0.3 is 14.2 Å². The summed E-state index contributed by atoms with van der Waals surface area (Å²) in [6.45, 7) is 3.17. The van der Waals surface area contributed by atoms with Gasteiger partial charge in [0.05, 0.1) is 17.4 Å². The van der Waals surface area contributed by atoms with E-state index in [-0.39, 0.29) is 17.9 Å². The molecule has 3 heterocycles. The molecule has 2 aliphatic rings. The molecular formula is C20H25N3O3. The van der Waals surface area contributed by atoms with E-state index in [9.17, 15) is 4.79 Å². The summed E-state index contributed by atoms with van der Waals surface area (Å²) in [5.41, 5.74) is 3.96. The molecule has 2 aromatic heterocycles. The van der Waals surface area contributed by atoms with Crippen LogP contribution in [0.4, 0.5) is 0 Å². The largest absolute Gasteiger partial charge is 0.379 e. The first-order chi connectivity index (χ1) is 12.6. The molecule has 26 heavy (non-hydrogen) atoms. The highest BCUT2D eigenvalue weighted by Gasteiger charge is 2.36. The first kappa shape index (κ1) is 17.2. The normalized spacial score (nSPS) is 22.5. The minimum absolute atomic E-state index is 0.00921. The van der Waals surface area contributed by atoms with Crippen LogP contribution in [0.15, 0.2) is 22.9 Å². The monoisotopic (exact) mass is 355 g/mol. The van der Waals surface area contributed by atoms with Crippen molar-refractivity contribution >= 4 is 5.91 Å². The number of rotatable bonds is 4. The lowest BCUT2D eigenvalue weighted by Gasteiger charge is -2.19. The molecule has 0 radical (unpaired) electrons. The van der Waals surface area contributed by atoms with Gasteiger partial charge in [0.25, 0.3) is 5.91 Å². The van der Waals surface area contributed by atoms with Gasteiger partial charge in [-0.2, -0.15) is 0 Å². The molecule has 6 heteroatoms. The van der Waals surface area contributed by atoms with Crippen molar-refractivity contribution in [2.45, 2.75) is 45.1 Å². The van der Waals surface area contributed by atoms with Gasteiger partial charge in [-0.15, -0.1) is 0 Å². The van der Waals surface area contributed by atoms with Gasteiger partial charge in [-0.1, -0.05) is 5.16 Å². The first-order valence-electron chi connectivity index (χ1n) is 9.36. The summed E-state index contributed by atoms with van der Waals surface area (Å²) in [6, 6.07) is 3.99. The van der Waals surface area contributed by atoms with Crippen LogP contribution in [0.5, 0.6) is 0 Å². The molecule has 6 nitrogen and oxygen atoms in total. The van der Waals surface area contributed by atoms with Crippen molar-refractivity contribution in [3.05, 3.63) is 46.6 Å². The van der Waals surface area contributed by atoms with Crippen LogP contribution in [0.1, 0.15) is 45.9 Å². The van der Waals surface area contributed by atoms with Crippen LogP contribution in [-0.2, 0) is 24.0 Å². The van der Waals surface area contributed by atoms with E-state index in [1.165, 1.54) is 18.4 Å². The number of likely N-dealkylation sites (tertiary alicyclic amines) is 1. The molecule has 1 aliphatic carbocycles. The zero-order valence-electron chi connectivity index (χ0n) is 15.4. The van der Waals surface area contributed by atoms with Crippen molar-refractivity contribution in [1.29, 1.82) is 0 Å². The fourth-order valence-corrected chi connectivity index (χ4v) is 4.13. The van der Waals surface area contributed by atoms with E-state index in [0.717, 1.165) is 36.4 Å². The van der Waals surface area contributed by atoms with Crippen LogP contribution in [-0.4, -0.2) is 47.3 Å². The number of aryl methyl sites for hydroxylation is 3. The molecule has 4 rings (SSSR count). The number of carbonyl (C=O) groups excluding carboxylic acids is 1. The van der Waals surface area contributed by atoms with Crippen molar-refractivity contribution in [3.8, 4) is 0 Å². The Labute approximate surface area is 153 Å².